The number of hydrazone groups is 1. The lowest BCUT2D eigenvalue weighted by Crippen LogP contribution is -2.45. The molecule has 214 valence electrons. The topological polar surface area (TPSA) is 183 Å². The Kier molecular flexibility index (Phi) is 10.5. The van der Waals surface area contributed by atoms with Crippen LogP contribution in [0.5, 0.6) is 17.2 Å². The van der Waals surface area contributed by atoms with Crippen molar-refractivity contribution in [2.45, 2.75) is 26.1 Å². The summed E-state index contributed by atoms with van der Waals surface area (Å²) in [6.07, 6.45) is 0.0814. The Morgan fingerprint density at radius 2 is 2.02 bits per heavy atom. The van der Waals surface area contributed by atoms with Gasteiger partial charge in [0, 0.05) is 17.3 Å². The summed E-state index contributed by atoms with van der Waals surface area (Å²) in [7, 11) is 2.60. The van der Waals surface area contributed by atoms with Crippen LogP contribution in [0.25, 0.3) is 0 Å². The lowest BCUT2D eigenvalue weighted by atomic mass is 9.95. The molecule has 0 aliphatic carbocycles. The maximum absolute atomic E-state index is 12.4. The molecule has 1 aliphatic rings. The Labute approximate surface area is 243 Å². The highest BCUT2D eigenvalue weighted by Gasteiger charge is 2.32. The second-order valence-electron chi connectivity index (χ2n) is 8.23. The number of ether oxygens (including phenoxy) is 4. The fourth-order valence-electron chi connectivity index (χ4n) is 3.83. The molecule has 40 heavy (non-hydrogen) atoms. The smallest absolute Gasteiger partial charge is 0.337 e. The van der Waals surface area contributed by atoms with Crippen molar-refractivity contribution in [2.24, 2.45) is 5.10 Å². The summed E-state index contributed by atoms with van der Waals surface area (Å²) in [4.78, 5) is 35.2. The molecule has 0 saturated heterocycles. The SMILES string of the molecule is CCOc1cc([C@H]2NC(=O)NC(C)=C2C(=O)OC)ccc1OC[C@H](O)N/N=C\c1cc(I)c(OC)c([N+](=O)[O-])c1. The second kappa shape index (κ2) is 13.8. The number of hydrogen-bond donors (Lipinski definition) is 4. The standard InChI is InChI=1S/C25H28IN5O9/c1-5-39-19-10-15(22-21(24(33)38-4)13(2)28-25(34)29-22)6-7-18(19)40-12-20(32)30-27-11-14-8-16(26)23(37-3)17(9-14)31(35)36/h6-11,20,22,30,32H,5,12H2,1-4H3,(H2,28,29,34)/b27-11-/t20-,22+/m0/s1. The van der Waals surface area contributed by atoms with Gasteiger partial charge in [0.15, 0.2) is 17.7 Å². The number of aliphatic hydroxyl groups is 1. The number of aliphatic hydroxyl groups excluding tert-OH is 1. The van der Waals surface area contributed by atoms with E-state index in [0.29, 0.717) is 38.5 Å². The van der Waals surface area contributed by atoms with Crippen LogP contribution in [0.3, 0.4) is 0 Å². The highest BCUT2D eigenvalue weighted by atomic mass is 127. The van der Waals surface area contributed by atoms with Gasteiger partial charge in [-0.05, 0) is 60.2 Å². The zero-order valence-corrected chi connectivity index (χ0v) is 24.2. The number of benzene rings is 2. The number of nitro benzene ring substituents is 1. The molecule has 0 saturated carbocycles. The maximum atomic E-state index is 12.4. The van der Waals surface area contributed by atoms with E-state index < -0.39 is 29.2 Å². The van der Waals surface area contributed by atoms with Gasteiger partial charge >= 0.3 is 17.7 Å². The van der Waals surface area contributed by atoms with Crippen LogP contribution in [-0.4, -0.2) is 61.9 Å². The van der Waals surface area contributed by atoms with Crippen molar-refractivity contribution in [3.63, 3.8) is 0 Å². The Balaban J connectivity index is 1.71. The number of methoxy groups -OCH3 is 2. The summed E-state index contributed by atoms with van der Waals surface area (Å²) >= 11 is 1.92. The normalized spacial score (nSPS) is 15.7. The molecular formula is C25H28IN5O9. The zero-order valence-electron chi connectivity index (χ0n) is 22.0. The van der Waals surface area contributed by atoms with Crippen LogP contribution in [0.2, 0.25) is 0 Å². The monoisotopic (exact) mass is 669 g/mol. The molecule has 0 unspecified atom stereocenters. The average Bonchev–Trinajstić information content (AvgIpc) is 2.91. The first kappa shape index (κ1) is 30.4. The zero-order chi connectivity index (χ0) is 29.4. The van der Waals surface area contributed by atoms with Crippen LogP contribution in [0.15, 0.2) is 46.7 Å². The third kappa shape index (κ3) is 7.29. The van der Waals surface area contributed by atoms with Gasteiger partial charge in [0.1, 0.15) is 6.61 Å². The van der Waals surface area contributed by atoms with Gasteiger partial charge in [0.2, 0.25) is 5.75 Å². The Hall–Kier alpha value is -4.12. The summed E-state index contributed by atoms with van der Waals surface area (Å²) in [6.45, 7) is 3.46. The van der Waals surface area contributed by atoms with Gasteiger partial charge in [-0.1, -0.05) is 6.07 Å². The van der Waals surface area contributed by atoms with Crippen molar-refractivity contribution < 1.29 is 38.6 Å². The first-order chi connectivity index (χ1) is 19.1. The number of allylic oxidation sites excluding steroid dienone is 1. The number of nitrogens with one attached hydrogen (secondary N) is 3. The molecule has 14 nitrogen and oxygen atoms in total. The molecular weight excluding hydrogens is 641 g/mol. The van der Waals surface area contributed by atoms with E-state index in [1.165, 1.54) is 26.5 Å². The summed E-state index contributed by atoms with van der Waals surface area (Å²) in [5, 5.41) is 30.8. The molecule has 1 aliphatic heterocycles. The number of esters is 1. The molecule has 0 radical (unpaired) electrons. The second-order valence-corrected chi connectivity index (χ2v) is 9.39. The van der Waals surface area contributed by atoms with E-state index in [4.69, 9.17) is 18.9 Å². The lowest BCUT2D eigenvalue weighted by molar-refractivity contribution is -0.385. The largest absolute Gasteiger partial charge is 0.490 e. The number of urea groups is 1. The van der Waals surface area contributed by atoms with E-state index in [2.05, 4.69) is 21.2 Å². The number of carbonyl (C=O) groups is 2. The lowest BCUT2D eigenvalue weighted by Gasteiger charge is -2.28. The van der Waals surface area contributed by atoms with Crippen molar-refractivity contribution in [2.75, 3.05) is 27.4 Å². The predicted molar refractivity (Wildman–Crippen MR) is 151 cm³/mol. The third-order valence-electron chi connectivity index (χ3n) is 5.56. The third-order valence-corrected chi connectivity index (χ3v) is 6.36. The Morgan fingerprint density at radius 3 is 2.67 bits per heavy atom. The van der Waals surface area contributed by atoms with Gasteiger partial charge in [0.25, 0.3) is 0 Å². The number of amides is 2. The minimum Gasteiger partial charge on any atom is -0.490 e. The number of carbonyl (C=O) groups excluding carboxylic acids is 2. The predicted octanol–water partition coefficient (Wildman–Crippen LogP) is 2.73. The van der Waals surface area contributed by atoms with E-state index in [1.807, 2.05) is 22.6 Å². The van der Waals surface area contributed by atoms with Gasteiger partial charge in [-0.3, -0.25) is 15.5 Å². The van der Waals surface area contributed by atoms with Gasteiger partial charge in [-0.25, -0.2) is 9.59 Å². The number of nitrogens with zero attached hydrogens (tertiary/aromatic N) is 2. The van der Waals surface area contributed by atoms with Crippen molar-refractivity contribution in [3.8, 4) is 17.2 Å². The van der Waals surface area contributed by atoms with Crippen molar-refractivity contribution in [3.05, 3.63) is 66.4 Å². The summed E-state index contributed by atoms with van der Waals surface area (Å²) < 4.78 is 21.9. The van der Waals surface area contributed by atoms with Crippen molar-refractivity contribution in [1.29, 1.82) is 0 Å². The molecule has 2 amide bonds. The molecule has 0 spiro atoms. The molecule has 15 heteroatoms. The molecule has 0 bridgehead atoms. The van der Waals surface area contributed by atoms with Crippen LogP contribution < -0.4 is 30.3 Å². The van der Waals surface area contributed by atoms with E-state index in [-0.39, 0.29) is 23.6 Å². The van der Waals surface area contributed by atoms with Crippen LogP contribution >= 0.6 is 22.6 Å². The molecule has 2 atom stereocenters. The Morgan fingerprint density at radius 1 is 1.27 bits per heavy atom. The highest BCUT2D eigenvalue weighted by Crippen LogP contribution is 2.35. The molecule has 3 rings (SSSR count). The quantitative estimate of drug-likeness (QED) is 0.0655. The van der Waals surface area contributed by atoms with E-state index in [1.54, 1.807) is 38.1 Å². The highest BCUT2D eigenvalue weighted by molar-refractivity contribution is 14.1. The van der Waals surface area contributed by atoms with E-state index >= 15 is 0 Å². The molecule has 1 heterocycles. The molecule has 2 aromatic rings. The first-order valence-electron chi connectivity index (χ1n) is 11.8. The summed E-state index contributed by atoms with van der Waals surface area (Å²) in [5.41, 5.74) is 3.87. The van der Waals surface area contributed by atoms with Gasteiger partial charge in [0.05, 0.1) is 47.1 Å². The van der Waals surface area contributed by atoms with E-state index in [0.717, 1.165) is 0 Å². The molecule has 0 fully saturated rings. The Bertz CT molecular complexity index is 1350. The average molecular weight is 669 g/mol. The van der Waals surface area contributed by atoms with Crippen LogP contribution in [0.1, 0.15) is 31.0 Å². The maximum Gasteiger partial charge on any atom is 0.337 e. The summed E-state index contributed by atoms with van der Waals surface area (Å²) in [6, 6.07) is 6.56. The number of hydrogen-bond acceptors (Lipinski definition) is 11. The molecule has 4 N–H and O–H groups in total. The van der Waals surface area contributed by atoms with Gasteiger partial charge in [-0.2, -0.15) is 5.10 Å². The van der Waals surface area contributed by atoms with Crippen LogP contribution in [0.4, 0.5) is 10.5 Å². The van der Waals surface area contributed by atoms with Gasteiger partial charge < -0.3 is 34.7 Å². The minimum atomic E-state index is -1.24. The fraction of sp³-hybridized carbons (Fsp3) is 0.320. The number of halogens is 1. The van der Waals surface area contributed by atoms with Crippen molar-refractivity contribution >= 4 is 46.5 Å². The minimum absolute atomic E-state index is 0.149. The number of nitro groups is 1. The van der Waals surface area contributed by atoms with Crippen LogP contribution in [0, 0.1) is 13.7 Å². The summed E-state index contributed by atoms with van der Waals surface area (Å²) in [5.74, 6) is 0.180. The fourth-order valence-corrected chi connectivity index (χ4v) is 4.69. The van der Waals surface area contributed by atoms with Crippen molar-refractivity contribution in [1.82, 2.24) is 16.1 Å². The van der Waals surface area contributed by atoms with Gasteiger partial charge in [-0.15, -0.1) is 0 Å². The van der Waals surface area contributed by atoms with E-state index in [9.17, 15) is 24.8 Å². The van der Waals surface area contributed by atoms with Crippen LogP contribution in [-0.2, 0) is 9.53 Å². The number of rotatable bonds is 12. The molecule has 2 aromatic carbocycles. The first-order valence-corrected chi connectivity index (χ1v) is 12.9. The molecule has 0 aromatic heterocycles.